The standard InChI is InChI=1S/C15H21FN2O2S/c1-15(2)9-18(7-12(8-19)20-15)6-11-4-3-10(14(17)21)5-13(11)16/h3-5,12,19H,6-9H2,1-2H3,(H2,17,21). The minimum absolute atomic E-state index is 0.0389. The van der Waals surface area contributed by atoms with Crippen molar-refractivity contribution in [1.82, 2.24) is 4.90 Å². The number of nitrogens with zero attached hydrogens (tertiary/aromatic N) is 1. The summed E-state index contributed by atoms with van der Waals surface area (Å²) in [5, 5.41) is 9.31. The highest BCUT2D eigenvalue weighted by molar-refractivity contribution is 7.80. The van der Waals surface area contributed by atoms with E-state index in [1.807, 2.05) is 13.8 Å². The van der Waals surface area contributed by atoms with Gasteiger partial charge in [-0.05, 0) is 19.9 Å². The largest absolute Gasteiger partial charge is 0.394 e. The summed E-state index contributed by atoms with van der Waals surface area (Å²) in [6.45, 7) is 5.62. The zero-order valence-corrected chi connectivity index (χ0v) is 13.1. The molecule has 0 bridgehead atoms. The van der Waals surface area contributed by atoms with E-state index in [4.69, 9.17) is 22.7 Å². The summed E-state index contributed by atoms with van der Waals surface area (Å²) >= 11 is 4.84. The Labute approximate surface area is 129 Å². The molecule has 1 aromatic carbocycles. The summed E-state index contributed by atoms with van der Waals surface area (Å²) in [6.07, 6.45) is -0.243. The lowest BCUT2D eigenvalue weighted by atomic mass is 10.0. The Morgan fingerprint density at radius 3 is 2.86 bits per heavy atom. The van der Waals surface area contributed by atoms with Gasteiger partial charge in [-0.15, -0.1) is 0 Å². The molecular formula is C15H21FN2O2S. The number of aliphatic hydroxyl groups excluding tert-OH is 1. The Morgan fingerprint density at radius 1 is 1.57 bits per heavy atom. The van der Waals surface area contributed by atoms with Gasteiger partial charge in [0, 0.05) is 30.8 Å². The number of nitrogens with two attached hydrogens (primary N) is 1. The van der Waals surface area contributed by atoms with Crippen LogP contribution in [-0.2, 0) is 11.3 Å². The topological polar surface area (TPSA) is 58.7 Å². The number of aliphatic hydroxyl groups is 1. The molecule has 1 aliphatic heterocycles. The van der Waals surface area contributed by atoms with Gasteiger partial charge >= 0.3 is 0 Å². The first-order valence-corrected chi connectivity index (χ1v) is 7.31. The van der Waals surface area contributed by atoms with Crippen molar-refractivity contribution in [2.75, 3.05) is 19.7 Å². The van der Waals surface area contributed by atoms with Crippen LogP contribution >= 0.6 is 12.2 Å². The Hall–Kier alpha value is -1.08. The molecule has 21 heavy (non-hydrogen) atoms. The van der Waals surface area contributed by atoms with Crippen LogP contribution in [0.5, 0.6) is 0 Å². The van der Waals surface area contributed by atoms with Crippen molar-refractivity contribution in [1.29, 1.82) is 0 Å². The Morgan fingerprint density at radius 2 is 2.29 bits per heavy atom. The fourth-order valence-electron chi connectivity index (χ4n) is 2.70. The second kappa shape index (κ2) is 6.36. The highest BCUT2D eigenvalue weighted by Gasteiger charge is 2.33. The highest BCUT2D eigenvalue weighted by atomic mass is 32.1. The average Bonchev–Trinajstić information content (AvgIpc) is 2.39. The first-order chi connectivity index (χ1) is 9.80. The normalized spacial score (nSPS) is 22.2. The van der Waals surface area contributed by atoms with Crippen LogP contribution in [0.4, 0.5) is 4.39 Å². The lowest BCUT2D eigenvalue weighted by Crippen LogP contribution is -2.53. The van der Waals surface area contributed by atoms with Gasteiger partial charge in [0.05, 0.1) is 18.3 Å². The number of halogens is 1. The van der Waals surface area contributed by atoms with Crippen molar-refractivity contribution in [3.05, 3.63) is 35.1 Å². The molecule has 2 rings (SSSR count). The van der Waals surface area contributed by atoms with Gasteiger partial charge in [0.1, 0.15) is 10.8 Å². The van der Waals surface area contributed by atoms with Gasteiger partial charge in [-0.2, -0.15) is 0 Å². The van der Waals surface area contributed by atoms with E-state index in [2.05, 4.69) is 4.90 Å². The van der Waals surface area contributed by atoms with Crippen LogP contribution in [0.2, 0.25) is 0 Å². The van der Waals surface area contributed by atoms with Crippen LogP contribution in [0.3, 0.4) is 0 Å². The maximum absolute atomic E-state index is 14.1. The molecule has 0 spiro atoms. The molecule has 0 aliphatic carbocycles. The van der Waals surface area contributed by atoms with Crippen LogP contribution in [0.15, 0.2) is 18.2 Å². The van der Waals surface area contributed by atoms with Gasteiger partial charge in [-0.1, -0.05) is 24.4 Å². The maximum atomic E-state index is 14.1. The van der Waals surface area contributed by atoms with Crippen LogP contribution in [0, 0.1) is 5.82 Å². The second-order valence-electron chi connectivity index (χ2n) is 6.02. The summed E-state index contributed by atoms with van der Waals surface area (Å²) in [5.41, 5.74) is 6.26. The lowest BCUT2D eigenvalue weighted by Gasteiger charge is -2.42. The smallest absolute Gasteiger partial charge is 0.128 e. The van der Waals surface area contributed by atoms with Gasteiger partial charge in [0.2, 0.25) is 0 Å². The van der Waals surface area contributed by atoms with Crippen molar-refractivity contribution in [2.45, 2.75) is 32.1 Å². The van der Waals surface area contributed by atoms with E-state index in [0.29, 0.717) is 30.8 Å². The molecule has 1 aromatic rings. The van der Waals surface area contributed by atoms with E-state index < -0.39 is 0 Å². The summed E-state index contributed by atoms with van der Waals surface area (Å²) in [7, 11) is 0. The predicted octanol–water partition coefficient (Wildman–Crippen LogP) is 1.43. The van der Waals surface area contributed by atoms with Crippen molar-refractivity contribution < 1.29 is 14.2 Å². The third-order valence-corrected chi connectivity index (χ3v) is 3.72. The number of benzene rings is 1. The molecule has 1 unspecified atom stereocenters. The summed E-state index contributed by atoms with van der Waals surface area (Å²) in [6, 6.07) is 4.81. The van der Waals surface area contributed by atoms with Gasteiger partial charge in [-0.3, -0.25) is 4.90 Å². The fourth-order valence-corrected chi connectivity index (χ4v) is 2.83. The molecule has 6 heteroatoms. The second-order valence-corrected chi connectivity index (χ2v) is 6.46. The van der Waals surface area contributed by atoms with Crippen LogP contribution in [0.1, 0.15) is 25.0 Å². The number of rotatable bonds is 4. The Bertz CT molecular complexity index is 536. The molecule has 0 saturated carbocycles. The van der Waals surface area contributed by atoms with Crippen LogP contribution < -0.4 is 5.73 Å². The molecule has 0 amide bonds. The van der Waals surface area contributed by atoms with Gasteiger partial charge in [0.25, 0.3) is 0 Å². The summed E-state index contributed by atoms with van der Waals surface area (Å²) < 4.78 is 19.9. The minimum Gasteiger partial charge on any atom is -0.394 e. The molecule has 1 heterocycles. The molecule has 0 aromatic heterocycles. The molecule has 1 saturated heterocycles. The van der Waals surface area contributed by atoms with E-state index in [-0.39, 0.29) is 29.1 Å². The lowest BCUT2D eigenvalue weighted by molar-refractivity contribution is -0.150. The van der Waals surface area contributed by atoms with Gasteiger partial charge in [-0.25, -0.2) is 4.39 Å². The van der Waals surface area contributed by atoms with E-state index in [9.17, 15) is 9.50 Å². The maximum Gasteiger partial charge on any atom is 0.128 e. The number of hydrogen-bond acceptors (Lipinski definition) is 4. The first kappa shape index (κ1) is 16.3. The number of thiocarbonyl (C=S) groups is 1. The van der Waals surface area contributed by atoms with E-state index in [1.165, 1.54) is 6.07 Å². The molecule has 1 atom stereocenters. The Kier molecular flexibility index (Phi) is 4.93. The molecule has 116 valence electrons. The SMILES string of the molecule is CC1(C)CN(Cc2ccc(C(N)=S)cc2F)CC(CO)O1. The zero-order chi connectivity index (χ0) is 15.6. The minimum atomic E-state index is -0.360. The number of ether oxygens (including phenoxy) is 1. The van der Waals surface area contributed by atoms with Crippen molar-refractivity contribution in [3.8, 4) is 0 Å². The highest BCUT2D eigenvalue weighted by Crippen LogP contribution is 2.23. The van der Waals surface area contributed by atoms with E-state index in [1.54, 1.807) is 12.1 Å². The zero-order valence-electron chi connectivity index (χ0n) is 12.3. The average molecular weight is 312 g/mol. The van der Waals surface area contributed by atoms with Gasteiger partial charge in [0.15, 0.2) is 0 Å². The van der Waals surface area contributed by atoms with Crippen molar-refractivity contribution >= 4 is 17.2 Å². The van der Waals surface area contributed by atoms with E-state index >= 15 is 0 Å². The molecule has 3 N–H and O–H groups in total. The van der Waals surface area contributed by atoms with Crippen molar-refractivity contribution in [3.63, 3.8) is 0 Å². The fraction of sp³-hybridized carbons (Fsp3) is 0.533. The molecule has 4 nitrogen and oxygen atoms in total. The van der Waals surface area contributed by atoms with E-state index in [0.717, 1.165) is 0 Å². The number of hydrogen-bond donors (Lipinski definition) is 2. The number of morpholine rings is 1. The summed E-state index contributed by atoms with van der Waals surface area (Å²) in [4.78, 5) is 2.27. The van der Waals surface area contributed by atoms with Crippen LogP contribution in [0.25, 0.3) is 0 Å². The first-order valence-electron chi connectivity index (χ1n) is 6.90. The van der Waals surface area contributed by atoms with Crippen molar-refractivity contribution in [2.24, 2.45) is 5.73 Å². The molecule has 0 radical (unpaired) electrons. The third-order valence-electron chi connectivity index (χ3n) is 3.49. The Balaban J connectivity index is 2.12. The predicted molar refractivity (Wildman–Crippen MR) is 83.6 cm³/mol. The molecule has 1 aliphatic rings. The third kappa shape index (κ3) is 4.20. The summed E-state index contributed by atoms with van der Waals surface area (Å²) in [5.74, 6) is -0.315. The van der Waals surface area contributed by atoms with Gasteiger partial charge < -0.3 is 15.6 Å². The molecule has 1 fully saturated rings. The quantitative estimate of drug-likeness (QED) is 0.824. The van der Waals surface area contributed by atoms with Crippen LogP contribution in [-0.4, -0.2) is 46.4 Å². The molecular weight excluding hydrogens is 291 g/mol. The monoisotopic (exact) mass is 312 g/mol.